The molecule has 1 unspecified atom stereocenters. The van der Waals surface area contributed by atoms with Crippen LogP contribution in [0.5, 0.6) is 11.5 Å². The Morgan fingerprint density at radius 3 is 2.64 bits per heavy atom. The maximum absolute atomic E-state index is 12.2. The first-order valence-electron chi connectivity index (χ1n) is 7.63. The van der Waals surface area contributed by atoms with Crippen molar-refractivity contribution in [1.29, 1.82) is 0 Å². The fourth-order valence-electron chi connectivity index (χ4n) is 2.70. The molecule has 1 amide bonds. The van der Waals surface area contributed by atoms with Crippen LogP contribution < -0.4 is 20.3 Å². The highest BCUT2D eigenvalue weighted by molar-refractivity contribution is 5.98. The molecule has 1 aliphatic rings. The highest BCUT2D eigenvalue weighted by Gasteiger charge is 2.36. The smallest absolute Gasteiger partial charge is 0.344 e. The van der Waals surface area contributed by atoms with Crippen LogP contribution in [0.1, 0.15) is 38.1 Å². The Morgan fingerprint density at radius 1 is 1.16 bits per heavy atom. The number of esters is 1. The van der Waals surface area contributed by atoms with E-state index in [2.05, 4.69) is 10.9 Å². The van der Waals surface area contributed by atoms with E-state index in [1.807, 2.05) is 13.0 Å². The Balaban J connectivity index is 1.78. The maximum atomic E-state index is 12.2. The van der Waals surface area contributed by atoms with E-state index in [9.17, 15) is 9.59 Å². The van der Waals surface area contributed by atoms with Gasteiger partial charge in [0, 0.05) is 11.1 Å². The standard InChI is InChI=1S/C18H18N2O5/c1-10-5-4-6-11(9-10)16(21)19-20-17-12-7-8-13(23-2)15(24-3)14(12)18(22)25-17/h4-9,17,20H,1-3H3,(H,19,21). The van der Waals surface area contributed by atoms with Gasteiger partial charge in [-0.3, -0.25) is 10.2 Å². The molecule has 1 heterocycles. The molecule has 25 heavy (non-hydrogen) atoms. The molecule has 2 aromatic carbocycles. The van der Waals surface area contributed by atoms with E-state index >= 15 is 0 Å². The van der Waals surface area contributed by atoms with Crippen LogP contribution in [0.4, 0.5) is 0 Å². The Labute approximate surface area is 144 Å². The van der Waals surface area contributed by atoms with E-state index < -0.39 is 12.2 Å². The Morgan fingerprint density at radius 2 is 1.96 bits per heavy atom. The third-order valence-electron chi connectivity index (χ3n) is 3.89. The first-order valence-corrected chi connectivity index (χ1v) is 7.63. The fraction of sp³-hybridized carbons (Fsp3) is 0.222. The van der Waals surface area contributed by atoms with E-state index in [0.29, 0.717) is 22.6 Å². The monoisotopic (exact) mass is 342 g/mol. The van der Waals surface area contributed by atoms with Crippen molar-refractivity contribution >= 4 is 11.9 Å². The number of methoxy groups -OCH3 is 2. The molecule has 0 saturated carbocycles. The molecular weight excluding hydrogens is 324 g/mol. The number of benzene rings is 2. The van der Waals surface area contributed by atoms with E-state index in [1.54, 1.807) is 30.3 Å². The second-order valence-electron chi connectivity index (χ2n) is 5.52. The molecule has 2 aromatic rings. The molecule has 0 aromatic heterocycles. The summed E-state index contributed by atoms with van der Waals surface area (Å²) in [7, 11) is 2.94. The third kappa shape index (κ3) is 3.14. The topological polar surface area (TPSA) is 85.9 Å². The molecule has 7 heteroatoms. The van der Waals surface area contributed by atoms with Crippen molar-refractivity contribution in [1.82, 2.24) is 10.9 Å². The van der Waals surface area contributed by atoms with Crippen molar-refractivity contribution < 1.29 is 23.8 Å². The summed E-state index contributed by atoms with van der Waals surface area (Å²) in [6.45, 7) is 1.90. The zero-order valence-corrected chi connectivity index (χ0v) is 14.1. The van der Waals surface area contributed by atoms with Crippen LogP contribution in [-0.4, -0.2) is 26.1 Å². The number of hydrogen-bond donors (Lipinski definition) is 2. The van der Waals surface area contributed by atoms with Crippen molar-refractivity contribution in [2.24, 2.45) is 0 Å². The summed E-state index contributed by atoms with van der Waals surface area (Å²) in [5, 5.41) is 0. The average Bonchev–Trinajstić information content (AvgIpc) is 2.94. The van der Waals surface area contributed by atoms with Crippen LogP contribution in [0.2, 0.25) is 0 Å². The molecular formula is C18H18N2O5. The number of amides is 1. The molecule has 0 radical (unpaired) electrons. The maximum Gasteiger partial charge on any atom is 0.344 e. The number of hydrogen-bond acceptors (Lipinski definition) is 6. The molecule has 2 N–H and O–H groups in total. The molecule has 1 aliphatic heterocycles. The minimum Gasteiger partial charge on any atom is -0.493 e. The number of rotatable bonds is 5. The van der Waals surface area contributed by atoms with Gasteiger partial charge in [-0.05, 0) is 31.2 Å². The number of nitrogens with one attached hydrogen (secondary N) is 2. The second-order valence-corrected chi connectivity index (χ2v) is 5.52. The van der Waals surface area contributed by atoms with E-state index in [0.717, 1.165) is 5.56 Å². The van der Waals surface area contributed by atoms with E-state index in [1.165, 1.54) is 14.2 Å². The van der Waals surface area contributed by atoms with Crippen LogP contribution in [0.3, 0.4) is 0 Å². The van der Waals surface area contributed by atoms with Gasteiger partial charge in [0.15, 0.2) is 17.7 Å². The van der Waals surface area contributed by atoms with Crippen LogP contribution in [0.15, 0.2) is 36.4 Å². The molecule has 0 aliphatic carbocycles. The van der Waals surface area contributed by atoms with Gasteiger partial charge in [-0.25, -0.2) is 4.79 Å². The molecule has 7 nitrogen and oxygen atoms in total. The van der Waals surface area contributed by atoms with Crippen LogP contribution in [0, 0.1) is 6.92 Å². The van der Waals surface area contributed by atoms with E-state index in [-0.39, 0.29) is 11.5 Å². The number of aryl methyl sites for hydroxylation is 1. The third-order valence-corrected chi connectivity index (χ3v) is 3.89. The predicted octanol–water partition coefficient (Wildman–Crippen LogP) is 2.12. The SMILES string of the molecule is COc1ccc2c(c1OC)C(=O)OC2NNC(=O)c1cccc(C)c1. The van der Waals surface area contributed by atoms with E-state index in [4.69, 9.17) is 14.2 Å². The molecule has 3 rings (SSSR count). The lowest BCUT2D eigenvalue weighted by molar-refractivity contribution is 0.0260. The van der Waals surface area contributed by atoms with Gasteiger partial charge in [-0.15, -0.1) is 0 Å². The van der Waals surface area contributed by atoms with Crippen molar-refractivity contribution in [3.05, 3.63) is 58.7 Å². The summed E-state index contributed by atoms with van der Waals surface area (Å²) in [6, 6.07) is 10.5. The summed E-state index contributed by atoms with van der Waals surface area (Å²) in [5.74, 6) is -0.135. The number of fused-ring (bicyclic) bond motifs is 1. The largest absolute Gasteiger partial charge is 0.493 e. The fourth-order valence-corrected chi connectivity index (χ4v) is 2.70. The van der Waals surface area contributed by atoms with Crippen molar-refractivity contribution in [2.45, 2.75) is 13.2 Å². The lowest BCUT2D eigenvalue weighted by Gasteiger charge is -2.15. The normalized spacial score (nSPS) is 15.3. The lowest BCUT2D eigenvalue weighted by Crippen LogP contribution is -2.40. The van der Waals surface area contributed by atoms with Gasteiger partial charge in [0.1, 0.15) is 5.56 Å². The summed E-state index contributed by atoms with van der Waals surface area (Å²) >= 11 is 0. The molecule has 130 valence electrons. The van der Waals surface area contributed by atoms with Gasteiger partial charge in [0.25, 0.3) is 5.91 Å². The van der Waals surface area contributed by atoms with Crippen LogP contribution >= 0.6 is 0 Å². The van der Waals surface area contributed by atoms with Gasteiger partial charge in [0.2, 0.25) is 0 Å². The average molecular weight is 342 g/mol. The summed E-state index contributed by atoms with van der Waals surface area (Å²) in [4.78, 5) is 24.4. The number of ether oxygens (including phenoxy) is 3. The molecule has 0 fully saturated rings. The van der Waals surface area contributed by atoms with Gasteiger partial charge < -0.3 is 14.2 Å². The molecule has 0 saturated heterocycles. The highest BCUT2D eigenvalue weighted by atomic mass is 16.6. The Bertz CT molecular complexity index is 834. The number of carbonyl (C=O) groups excluding carboxylic acids is 2. The van der Waals surface area contributed by atoms with Crippen molar-refractivity contribution in [3.8, 4) is 11.5 Å². The molecule has 1 atom stereocenters. The second kappa shape index (κ2) is 6.82. The first kappa shape index (κ1) is 16.8. The number of hydrazine groups is 1. The lowest BCUT2D eigenvalue weighted by atomic mass is 10.1. The molecule has 0 bridgehead atoms. The highest BCUT2D eigenvalue weighted by Crippen LogP contribution is 2.40. The van der Waals surface area contributed by atoms with Crippen molar-refractivity contribution in [2.75, 3.05) is 14.2 Å². The van der Waals surface area contributed by atoms with Crippen molar-refractivity contribution in [3.63, 3.8) is 0 Å². The van der Waals surface area contributed by atoms with Crippen LogP contribution in [0.25, 0.3) is 0 Å². The summed E-state index contributed by atoms with van der Waals surface area (Å²) in [6.07, 6.45) is -0.809. The van der Waals surface area contributed by atoms with Gasteiger partial charge in [-0.1, -0.05) is 17.7 Å². The van der Waals surface area contributed by atoms with Crippen LogP contribution in [-0.2, 0) is 4.74 Å². The minimum absolute atomic E-state index is 0.282. The summed E-state index contributed by atoms with van der Waals surface area (Å²) < 4.78 is 15.7. The molecule has 0 spiro atoms. The Hall–Kier alpha value is -3.06. The number of carbonyl (C=O) groups is 2. The van der Waals surface area contributed by atoms with Gasteiger partial charge >= 0.3 is 5.97 Å². The first-order chi connectivity index (χ1) is 12.0. The summed E-state index contributed by atoms with van der Waals surface area (Å²) in [5.41, 5.74) is 7.62. The number of cyclic esters (lactones) is 1. The Kier molecular flexibility index (Phi) is 4.58. The predicted molar refractivity (Wildman–Crippen MR) is 89.5 cm³/mol. The zero-order chi connectivity index (χ0) is 18.0. The zero-order valence-electron chi connectivity index (χ0n) is 14.1. The minimum atomic E-state index is -0.809. The quantitative estimate of drug-likeness (QED) is 0.639. The van der Waals surface area contributed by atoms with Gasteiger partial charge in [-0.2, -0.15) is 5.43 Å². The van der Waals surface area contributed by atoms with Gasteiger partial charge in [0.05, 0.1) is 14.2 Å².